The second kappa shape index (κ2) is 8.82. The van der Waals surface area contributed by atoms with E-state index in [-0.39, 0.29) is 10.8 Å². The van der Waals surface area contributed by atoms with Gasteiger partial charge in [-0.2, -0.15) is 0 Å². The molecular weight excluding hydrogens is 560 g/mol. The predicted octanol–water partition coefficient (Wildman–Crippen LogP) is 10.1. The Bertz CT molecular complexity index is 2660. The van der Waals surface area contributed by atoms with Gasteiger partial charge >= 0.3 is 0 Å². The number of imidazole rings is 1. The normalized spacial score (nSPS) is 18.8. The summed E-state index contributed by atoms with van der Waals surface area (Å²) in [6, 6.07) is 41.5. The van der Waals surface area contributed by atoms with E-state index >= 15 is 0 Å². The topological polar surface area (TPSA) is 35.1 Å². The van der Waals surface area contributed by atoms with Gasteiger partial charge < -0.3 is 0 Å². The second-order valence-corrected chi connectivity index (χ2v) is 13.8. The highest BCUT2D eigenvalue weighted by Crippen LogP contribution is 2.54. The largest absolute Gasteiger partial charge is 0.279 e. The molecule has 0 radical (unpaired) electrons. The van der Waals surface area contributed by atoms with Crippen LogP contribution in [0.25, 0.3) is 60.9 Å². The number of hydrogen-bond donors (Lipinski definition) is 0. The summed E-state index contributed by atoms with van der Waals surface area (Å²) >= 11 is 0. The van der Waals surface area contributed by atoms with Crippen LogP contribution in [-0.2, 0) is 10.8 Å². The third kappa shape index (κ3) is 3.28. The Hall–Kier alpha value is -5.48. The number of aromatic nitrogens is 4. The van der Waals surface area contributed by atoms with Gasteiger partial charge in [-0.1, -0.05) is 117 Å². The van der Waals surface area contributed by atoms with Gasteiger partial charge in [0.25, 0.3) is 0 Å². The summed E-state index contributed by atoms with van der Waals surface area (Å²) in [4.78, 5) is 10.5. The monoisotopic (exact) mass is 592 g/mol. The number of benzene rings is 5. The molecule has 46 heavy (non-hydrogen) atoms. The van der Waals surface area contributed by atoms with E-state index in [1.165, 1.54) is 38.6 Å². The Kier molecular flexibility index (Phi) is 4.95. The average molecular weight is 593 g/mol. The van der Waals surface area contributed by atoms with E-state index in [9.17, 15) is 0 Å². The number of rotatable bonds is 2. The fourth-order valence-corrected chi connectivity index (χ4v) is 8.34. The van der Waals surface area contributed by atoms with Gasteiger partial charge in [-0.25, -0.2) is 9.97 Å². The van der Waals surface area contributed by atoms with E-state index in [4.69, 9.17) is 9.97 Å². The molecule has 0 fully saturated rings. The molecule has 3 heterocycles. The molecule has 0 bridgehead atoms. The third-order valence-corrected chi connectivity index (χ3v) is 10.8. The van der Waals surface area contributed by atoms with Crippen LogP contribution in [0.3, 0.4) is 0 Å². The molecule has 0 amide bonds. The van der Waals surface area contributed by atoms with Crippen molar-refractivity contribution in [2.75, 3.05) is 0 Å². The van der Waals surface area contributed by atoms with Crippen LogP contribution in [0.15, 0.2) is 133 Å². The maximum absolute atomic E-state index is 5.38. The Morgan fingerprint density at radius 2 is 1.33 bits per heavy atom. The summed E-state index contributed by atoms with van der Waals surface area (Å²) < 4.78 is 4.60. The van der Waals surface area contributed by atoms with Gasteiger partial charge in [-0.15, -0.1) is 0 Å². The van der Waals surface area contributed by atoms with Crippen LogP contribution in [0.1, 0.15) is 43.9 Å². The first-order chi connectivity index (χ1) is 22.4. The molecule has 0 saturated carbocycles. The molecule has 0 N–H and O–H groups in total. The zero-order valence-electron chi connectivity index (χ0n) is 26.1. The Morgan fingerprint density at radius 1 is 0.630 bits per heavy atom. The standard InChI is InChI=1S/C42H32N4/c1-41(2)32-15-7-4-12-27(32)28-22-23-42(3,25-33(28)41)26-20-21-30-29-13-6-10-18-36(29)45(38(30)24-26)40-44-34-16-8-5-14-31(34)39-43-35-17-9-11-19-37(35)46(39)40/h4-24H,25H2,1-3H3. The first-order valence-electron chi connectivity index (χ1n) is 16.2. The van der Waals surface area contributed by atoms with Gasteiger partial charge in [0.15, 0.2) is 0 Å². The molecule has 1 atom stereocenters. The molecule has 220 valence electrons. The lowest BCUT2D eigenvalue weighted by Gasteiger charge is -2.36. The average Bonchev–Trinajstić information content (AvgIpc) is 3.71. The van der Waals surface area contributed by atoms with Crippen molar-refractivity contribution in [2.45, 2.75) is 38.0 Å². The van der Waals surface area contributed by atoms with Gasteiger partial charge in [0.2, 0.25) is 5.95 Å². The Morgan fingerprint density at radius 3 is 2.20 bits per heavy atom. The summed E-state index contributed by atoms with van der Waals surface area (Å²) in [7, 11) is 0. The molecule has 1 unspecified atom stereocenters. The molecule has 8 aromatic rings. The summed E-state index contributed by atoms with van der Waals surface area (Å²) in [6.07, 6.45) is 5.81. The molecule has 0 aliphatic heterocycles. The first-order valence-corrected chi connectivity index (χ1v) is 16.2. The van der Waals surface area contributed by atoms with Crippen molar-refractivity contribution in [3.05, 3.63) is 150 Å². The Balaban J connectivity index is 1.24. The summed E-state index contributed by atoms with van der Waals surface area (Å²) in [6.45, 7) is 7.18. The first kappa shape index (κ1) is 25.8. The van der Waals surface area contributed by atoms with E-state index in [1.54, 1.807) is 0 Å². The van der Waals surface area contributed by atoms with Crippen molar-refractivity contribution in [2.24, 2.45) is 0 Å². The van der Waals surface area contributed by atoms with E-state index in [2.05, 4.69) is 157 Å². The predicted molar refractivity (Wildman–Crippen MR) is 190 cm³/mol. The fourth-order valence-electron chi connectivity index (χ4n) is 8.34. The minimum Gasteiger partial charge on any atom is -0.279 e. The molecule has 4 nitrogen and oxygen atoms in total. The molecule has 4 heteroatoms. The lowest BCUT2D eigenvalue weighted by Crippen LogP contribution is -2.28. The molecule has 2 aliphatic rings. The minimum absolute atomic E-state index is 0.0000455. The van der Waals surface area contributed by atoms with E-state index < -0.39 is 0 Å². The minimum atomic E-state index is -0.151. The van der Waals surface area contributed by atoms with Crippen LogP contribution < -0.4 is 0 Å². The molecule has 3 aromatic heterocycles. The van der Waals surface area contributed by atoms with Crippen LogP contribution in [0.4, 0.5) is 0 Å². The quantitative estimate of drug-likeness (QED) is 0.200. The van der Waals surface area contributed by atoms with Crippen LogP contribution >= 0.6 is 0 Å². The highest BCUT2D eigenvalue weighted by molar-refractivity contribution is 6.10. The number of allylic oxidation sites excluding steroid dienone is 4. The highest BCUT2D eigenvalue weighted by atomic mass is 15.2. The van der Waals surface area contributed by atoms with E-state index in [1.807, 2.05) is 0 Å². The van der Waals surface area contributed by atoms with Crippen molar-refractivity contribution in [1.29, 1.82) is 0 Å². The SMILES string of the molecule is CC1(c2ccc3c4ccccc4n(-c4nc5ccccc5c5nc6ccccc6n45)c3c2)C=CC2=C(C1)C(C)(C)c1ccccc12. The van der Waals surface area contributed by atoms with E-state index in [0.717, 1.165) is 51.0 Å². The Labute approximate surface area is 267 Å². The van der Waals surface area contributed by atoms with Crippen molar-refractivity contribution in [3.63, 3.8) is 0 Å². The zero-order chi connectivity index (χ0) is 30.8. The van der Waals surface area contributed by atoms with Gasteiger partial charge in [0.1, 0.15) is 5.65 Å². The van der Waals surface area contributed by atoms with Crippen molar-refractivity contribution in [1.82, 2.24) is 18.9 Å². The molecular formula is C42H32N4. The second-order valence-electron chi connectivity index (χ2n) is 13.8. The summed E-state index contributed by atoms with van der Waals surface area (Å²) in [5, 5.41) is 3.50. The molecule has 5 aromatic carbocycles. The van der Waals surface area contributed by atoms with Gasteiger partial charge in [0, 0.05) is 27.0 Å². The van der Waals surface area contributed by atoms with Crippen LogP contribution in [-0.4, -0.2) is 18.9 Å². The van der Waals surface area contributed by atoms with Gasteiger partial charge in [0.05, 0.1) is 27.6 Å². The summed E-state index contributed by atoms with van der Waals surface area (Å²) in [5.41, 5.74) is 13.1. The van der Waals surface area contributed by atoms with Gasteiger partial charge in [-0.3, -0.25) is 8.97 Å². The van der Waals surface area contributed by atoms with Crippen molar-refractivity contribution < 1.29 is 0 Å². The molecule has 0 saturated heterocycles. The van der Waals surface area contributed by atoms with Crippen molar-refractivity contribution in [3.8, 4) is 5.95 Å². The van der Waals surface area contributed by atoms with Crippen molar-refractivity contribution >= 4 is 55.0 Å². The fraction of sp³-hybridized carbons (Fsp3) is 0.143. The maximum atomic E-state index is 5.38. The number of nitrogens with zero attached hydrogens (tertiary/aromatic N) is 4. The lowest BCUT2D eigenvalue weighted by molar-refractivity contribution is 0.513. The van der Waals surface area contributed by atoms with Crippen LogP contribution in [0.5, 0.6) is 0 Å². The number of para-hydroxylation sites is 4. The van der Waals surface area contributed by atoms with E-state index in [0.29, 0.717) is 0 Å². The third-order valence-electron chi connectivity index (χ3n) is 10.8. The number of fused-ring (bicyclic) bond motifs is 10. The lowest BCUT2D eigenvalue weighted by atomic mass is 9.68. The maximum Gasteiger partial charge on any atom is 0.221 e. The van der Waals surface area contributed by atoms with Crippen LogP contribution in [0.2, 0.25) is 0 Å². The smallest absolute Gasteiger partial charge is 0.221 e. The zero-order valence-corrected chi connectivity index (χ0v) is 26.1. The molecule has 2 aliphatic carbocycles. The number of hydrogen-bond acceptors (Lipinski definition) is 2. The highest BCUT2D eigenvalue weighted by Gasteiger charge is 2.42. The molecule has 0 spiro atoms. The van der Waals surface area contributed by atoms with Crippen LogP contribution in [0, 0.1) is 0 Å². The van der Waals surface area contributed by atoms with Gasteiger partial charge in [-0.05, 0) is 65.1 Å². The molecule has 10 rings (SSSR count). The summed E-state index contributed by atoms with van der Waals surface area (Å²) in [5.74, 6) is 0.854.